The summed E-state index contributed by atoms with van der Waals surface area (Å²) in [7, 11) is 0. The van der Waals surface area contributed by atoms with E-state index in [9.17, 15) is 0 Å². The number of hydrogen-bond acceptors (Lipinski definition) is 6. The van der Waals surface area contributed by atoms with Crippen LogP contribution in [0.25, 0.3) is 10.9 Å². The van der Waals surface area contributed by atoms with Gasteiger partial charge in [0.05, 0.1) is 16.4 Å². The zero-order chi connectivity index (χ0) is 19.5. The number of nitrogens with two attached hydrogens (primary N) is 2. The standard InChI is InChI=1S/C20H15ClN6O/c21-14-11-13(27-19(23)18-15(22)4-2-9-25-18)5-6-16(14)28-20-17-12(7-10-26-20)3-1-8-24-17/h1-11H,22H2,(H2,23,27). The molecule has 0 unspecified atom stereocenters. The van der Waals surface area contributed by atoms with Crippen molar-refractivity contribution >= 4 is 39.7 Å². The molecular formula is C20H15ClN6O. The number of ether oxygens (including phenoxy) is 1. The zero-order valence-electron chi connectivity index (χ0n) is 14.6. The maximum absolute atomic E-state index is 6.37. The Bertz CT molecular complexity index is 1190. The largest absolute Gasteiger partial charge is 0.435 e. The number of amidine groups is 1. The number of rotatable bonds is 4. The molecule has 0 aliphatic rings. The third kappa shape index (κ3) is 3.56. The van der Waals surface area contributed by atoms with Crippen molar-refractivity contribution in [2.45, 2.75) is 0 Å². The first-order valence-corrected chi connectivity index (χ1v) is 8.72. The van der Waals surface area contributed by atoms with Gasteiger partial charge in [-0.3, -0.25) is 9.97 Å². The summed E-state index contributed by atoms with van der Waals surface area (Å²) in [6.45, 7) is 0. The first kappa shape index (κ1) is 17.7. The van der Waals surface area contributed by atoms with Crippen LogP contribution in [0.1, 0.15) is 5.69 Å². The normalized spacial score (nSPS) is 11.5. The van der Waals surface area contributed by atoms with Gasteiger partial charge in [0.1, 0.15) is 17.0 Å². The van der Waals surface area contributed by atoms with E-state index < -0.39 is 0 Å². The van der Waals surface area contributed by atoms with Crippen LogP contribution in [-0.2, 0) is 0 Å². The molecule has 4 rings (SSSR count). The van der Waals surface area contributed by atoms with E-state index in [4.69, 9.17) is 27.8 Å². The third-order valence-electron chi connectivity index (χ3n) is 3.94. The quantitative estimate of drug-likeness (QED) is 0.401. The smallest absolute Gasteiger partial charge is 0.246 e. The van der Waals surface area contributed by atoms with E-state index in [2.05, 4.69) is 19.9 Å². The van der Waals surface area contributed by atoms with Crippen LogP contribution < -0.4 is 16.2 Å². The van der Waals surface area contributed by atoms with Crippen molar-refractivity contribution in [2.75, 3.05) is 5.73 Å². The fourth-order valence-electron chi connectivity index (χ4n) is 2.62. The number of pyridine rings is 3. The molecule has 138 valence electrons. The molecule has 8 heteroatoms. The van der Waals surface area contributed by atoms with E-state index in [1.54, 1.807) is 48.9 Å². The lowest BCUT2D eigenvalue weighted by Gasteiger charge is -2.09. The van der Waals surface area contributed by atoms with Gasteiger partial charge in [-0.1, -0.05) is 17.7 Å². The summed E-state index contributed by atoms with van der Waals surface area (Å²) < 4.78 is 5.87. The Morgan fingerprint density at radius 3 is 2.61 bits per heavy atom. The van der Waals surface area contributed by atoms with Gasteiger partial charge in [0.15, 0.2) is 5.84 Å². The first-order valence-electron chi connectivity index (χ1n) is 8.34. The Labute approximate surface area is 165 Å². The minimum absolute atomic E-state index is 0.197. The number of fused-ring (bicyclic) bond motifs is 1. The molecule has 0 spiro atoms. The molecule has 7 nitrogen and oxygen atoms in total. The minimum atomic E-state index is 0.197. The van der Waals surface area contributed by atoms with Gasteiger partial charge in [0.25, 0.3) is 0 Å². The number of halogens is 1. The van der Waals surface area contributed by atoms with E-state index in [-0.39, 0.29) is 5.84 Å². The molecule has 0 radical (unpaired) electrons. The third-order valence-corrected chi connectivity index (χ3v) is 4.24. The van der Waals surface area contributed by atoms with E-state index in [1.807, 2.05) is 18.2 Å². The van der Waals surface area contributed by atoms with E-state index >= 15 is 0 Å². The number of aliphatic imine (C=N–C) groups is 1. The van der Waals surface area contributed by atoms with Gasteiger partial charge in [-0.2, -0.15) is 0 Å². The molecule has 0 aliphatic heterocycles. The van der Waals surface area contributed by atoms with Crippen LogP contribution in [0.3, 0.4) is 0 Å². The molecule has 0 aliphatic carbocycles. The number of anilines is 1. The second kappa shape index (κ2) is 7.50. The summed E-state index contributed by atoms with van der Waals surface area (Å²) >= 11 is 6.37. The van der Waals surface area contributed by atoms with Crippen LogP contribution in [0.4, 0.5) is 11.4 Å². The molecule has 3 heterocycles. The van der Waals surface area contributed by atoms with Crippen LogP contribution in [-0.4, -0.2) is 20.8 Å². The maximum atomic E-state index is 6.37. The van der Waals surface area contributed by atoms with Gasteiger partial charge in [0.2, 0.25) is 5.88 Å². The first-order chi connectivity index (χ1) is 13.6. The lowest BCUT2D eigenvalue weighted by atomic mass is 10.2. The monoisotopic (exact) mass is 390 g/mol. The summed E-state index contributed by atoms with van der Waals surface area (Å²) in [5.41, 5.74) is 14.0. The topological polar surface area (TPSA) is 112 Å². The highest BCUT2D eigenvalue weighted by molar-refractivity contribution is 6.32. The summed E-state index contributed by atoms with van der Waals surface area (Å²) in [6.07, 6.45) is 4.94. The summed E-state index contributed by atoms with van der Waals surface area (Å²) in [4.78, 5) is 17.0. The fourth-order valence-corrected chi connectivity index (χ4v) is 2.84. The Balaban J connectivity index is 1.63. The van der Waals surface area contributed by atoms with Gasteiger partial charge >= 0.3 is 0 Å². The lowest BCUT2D eigenvalue weighted by molar-refractivity contribution is 0.468. The van der Waals surface area contributed by atoms with E-state index in [0.29, 0.717) is 39.2 Å². The van der Waals surface area contributed by atoms with Crippen molar-refractivity contribution in [1.29, 1.82) is 0 Å². The number of nitrogen functional groups attached to an aromatic ring is 1. The second-order valence-corrected chi connectivity index (χ2v) is 6.25. The molecule has 4 N–H and O–H groups in total. The summed E-state index contributed by atoms with van der Waals surface area (Å²) in [5, 5.41) is 1.28. The Morgan fingerprint density at radius 1 is 0.964 bits per heavy atom. The van der Waals surface area contributed by atoms with Crippen LogP contribution in [0.5, 0.6) is 11.6 Å². The van der Waals surface area contributed by atoms with Gasteiger partial charge < -0.3 is 16.2 Å². The summed E-state index contributed by atoms with van der Waals surface area (Å²) in [6, 6.07) is 14.1. The SMILES string of the molecule is NC(=Nc1ccc(Oc2nccc3cccnc23)c(Cl)c1)c1ncccc1N. The molecule has 0 amide bonds. The van der Waals surface area contributed by atoms with Crippen molar-refractivity contribution in [3.05, 3.63) is 77.8 Å². The molecular weight excluding hydrogens is 376 g/mol. The highest BCUT2D eigenvalue weighted by Gasteiger charge is 2.10. The Kier molecular flexibility index (Phi) is 4.74. The van der Waals surface area contributed by atoms with Crippen molar-refractivity contribution in [3.8, 4) is 11.6 Å². The molecule has 0 saturated heterocycles. The predicted octanol–water partition coefficient (Wildman–Crippen LogP) is 4.09. The molecule has 3 aromatic heterocycles. The predicted molar refractivity (Wildman–Crippen MR) is 110 cm³/mol. The summed E-state index contributed by atoms with van der Waals surface area (Å²) in [5.74, 6) is 1.00. The molecule has 0 bridgehead atoms. The molecule has 28 heavy (non-hydrogen) atoms. The minimum Gasteiger partial charge on any atom is -0.435 e. The fraction of sp³-hybridized carbons (Fsp3) is 0. The van der Waals surface area contributed by atoms with E-state index in [0.717, 1.165) is 5.39 Å². The lowest BCUT2D eigenvalue weighted by Crippen LogP contribution is -2.16. The maximum Gasteiger partial charge on any atom is 0.246 e. The molecule has 0 saturated carbocycles. The van der Waals surface area contributed by atoms with E-state index in [1.165, 1.54) is 0 Å². The Hall–Kier alpha value is -3.71. The molecule has 0 fully saturated rings. The van der Waals surface area contributed by atoms with Crippen LogP contribution in [0.15, 0.2) is 72.1 Å². The second-order valence-electron chi connectivity index (χ2n) is 5.85. The number of nitrogens with zero attached hydrogens (tertiary/aromatic N) is 4. The molecule has 0 atom stereocenters. The van der Waals surface area contributed by atoms with Crippen molar-refractivity contribution in [3.63, 3.8) is 0 Å². The van der Waals surface area contributed by atoms with Gasteiger partial charge in [-0.25, -0.2) is 9.98 Å². The van der Waals surface area contributed by atoms with Crippen LogP contribution in [0, 0.1) is 0 Å². The average molecular weight is 391 g/mol. The average Bonchev–Trinajstić information content (AvgIpc) is 2.70. The Morgan fingerprint density at radius 2 is 1.79 bits per heavy atom. The van der Waals surface area contributed by atoms with Crippen LogP contribution >= 0.6 is 11.6 Å². The van der Waals surface area contributed by atoms with Crippen molar-refractivity contribution in [2.24, 2.45) is 10.7 Å². The van der Waals surface area contributed by atoms with Gasteiger partial charge in [0, 0.05) is 24.0 Å². The molecule has 4 aromatic rings. The highest BCUT2D eigenvalue weighted by Crippen LogP contribution is 2.34. The zero-order valence-corrected chi connectivity index (χ0v) is 15.3. The van der Waals surface area contributed by atoms with Crippen molar-refractivity contribution in [1.82, 2.24) is 15.0 Å². The van der Waals surface area contributed by atoms with Gasteiger partial charge in [-0.05, 0) is 42.5 Å². The number of benzene rings is 1. The number of hydrogen-bond donors (Lipinski definition) is 2. The van der Waals surface area contributed by atoms with Gasteiger partial charge in [-0.15, -0.1) is 0 Å². The molecule has 1 aromatic carbocycles. The highest BCUT2D eigenvalue weighted by atomic mass is 35.5. The van der Waals surface area contributed by atoms with Crippen LogP contribution in [0.2, 0.25) is 5.02 Å². The van der Waals surface area contributed by atoms with Crippen molar-refractivity contribution < 1.29 is 4.74 Å². The number of aromatic nitrogens is 3.